The zero-order chi connectivity index (χ0) is 12.3. The lowest BCUT2D eigenvalue weighted by molar-refractivity contribution is 0.0912. The Labute approximate surface area is 97.8 Å². The highest BCUT2D eigenvalue weighted by molar-refractivity contribution is 4.83. The van der Waals surface area contributed by atoms with Crippen LogP contribution in [0.25, 0.3) is 0 Å². The molecule has 0 radical (unpaired) electrons. The van der Waals surface area contributed by atoms with E-state index >= 15 is 0 Å². The molecule has 0 fully saturated rings. The van der Waals surface area contributed by atoms with Crippen molar-refractivity contribution >= 4 is 0 Å². The van der Waals surface area contributed by atoms with Crippen LogP contribution in [0.4, 0.5) is 0 Å². The summed E-state index contributed by atoms with van der Waals surface area (Å²) in [5.41, 5.74) is 0.978. The maximum Gasteiger partial charge on any atom is -0.0303 e. The van der Waals surface area contributed by atoms with Gasteiger partial charge in [-0.3, -0.25) is 0 Å². The minimum Gasteiger partial charge on any atom is -0.0651 e. The third-order valence-corrected chi connectivity index (χ3v) is 4.97. The molecule has 0 nitrogen and oxygen atoms in total. The summed E-state index contributed by atoms with van der Waals surface area (Å²) in [5, 5.41) is 0. The van der Waals surface area contributed by atoms with Gasteiger partial charge in [-0.25, -0.2) is 0 Å². The van der Waals surface area contributed by atoms with Crippen LogP contribution in [0.1, 0.15) is 74.7 Å². The Morgan fingerprint density at radius 3 is 1.67 bits per heavy atom. The average Bonchev–Trinajstić information content (AvgIpc) is 2.15. The minimum absolute atomic E-state index is 0.473. The predicted octanol–water partition coefficient (Wildman–Crippen LogP) is 5.52. The van der Waals surface area contributed by atoms with Gasteiger partial charge in [0.25, 0.3) is 0 Å². The van der Waals surface area contributed by atoms with E-state index in [9.17, 15) is 0 Å². The Balaban J connectivity index is 4.49. The van der Waals surface area contributed by atoms with Crippen LogP contribution < -0.4 is 0 Å². The smallest absolute Gasteiger partial charge is 0.0303 e. The molecule has 0 aromatic heterocycles. The van der Waals surface area contributed by atoms with Crippen molar-refractivity contribution in [3.8, 4) is 0 Å². The molecule has 2 unspecified atom stereocenters. The molecule has 0 rings (SSSR count). The lowest BCUT2D eigenvalue weighted by Crippen LogP contribution is -2.32. The number of hydrogen-bond donors (Lipinski definition) is 0. The molecule has 0 bridgehead atoms. The molecular weight excluding hydrogens is 180 g/mol. The highest BCUT2D eigenvalue weighted by atomic mass is 14.4. The Morgan fingerprint density at radius 1 is 0.867 bits per heavy atom. The van der Waals surface area contributed by atoms with Gasteiger partial charge in [0.2, 0.25) is 0 Å². The lowest BCUT2D eigenvalue weighted by atomic mass is 9.65. The summed E-state index contributed by atoms with van der Waals surface area (Å²) in [6.45, 7) is 19.1. The summed E-state index contributed by atoms with van der Waals surface area (Å²) in [6, 6.07) is 0. The summed E-state index contributed by atoms with van der Waals surface area (Å²) < 4.78 is 0. The van der Waals surface area contributed by atoms with Crippen LogP contribution in [0.2, 0.25) is 0 Å². The third kappa shape index (κ3) is 4.17. The zero-order valence-electron chi connectivity index (χ0n) is 12.3. The van der Waals surface area contributed by atoms with Gasteiger partial charge in [-0.05, 0) is 29.1 Å². The van der Waals surface area contributed by atoms with E-state index in [1.165, 1.54) is 19.3 Å². The van der Waals surface area contributed by atoms with Gasteiger partial charge in [0.15, 0.2) is 0 Å². The van der Waals surface area contributed by atoms with E-state index in [1.54, 1.807) is 0 Å². The standard InChI is InChI=1S/C15H32/c1-9-12(3)15(7,8)13(4)11-14(5,6)10-2/h12-13H,9-11H2,1-8H3. The minimum atomic E-state index is 0.473. The monoisotopic (exact) mass is 212 g/mol. The molecule has 0 saturated heterocycles. The summed E-state index contributed by atoms with van der Waals surface area (Å²) in [6.07, 6.45) is 3.93. The van der Waals surface area contributed by atoms with Gasteiger partial charge in [-0.1, -0.05) is 68.2 Å². The maximum atomic E-state index is 2.44. The molecule has 15 heavy (non-hydrogen) atoms. The van der Waals surface area contributed by atoms with Crippen LogP contribution in [0.3, 0.4) is 0 Å². The van der Waals surface area contributed by atoms with Gasteiger partial charge < -0.3 is 0 Å². The first-order valence-electron chi connectivity index (χ1n) is 6.67. The van der Waals surface area contributed by atoms with Gasteiger partial charge in [0.05, 0.1) is 0 Å². The van der Waals surface area contributed by atoms with Crippen LogP contribution in [0.5, 0.6) is 0 Å². The van der Waals surface area contributed by atoms with Gasteiger partial charge in [0, 0.05) is 0 Å². The fourth-order valence-corrected chi connectivity index (χ4v) is 2.25. The van der Waals surface area contributed by atoms with E-state index in [-0.39, 0.29) is 0 Å². The molecule has 0 aliphatic heterocycles. The van der Waals surface area contributed by atoms with Crippen molar-refractivity contribution in [2.24, 2.45) is 22.7 Å². The lowest BCUT2D eigenvalue weighted by Gasteiger charge is -2.41. The van der Waals surface area contributed by atoms with E-state index in [1.807, 2.05) is 0 Å². The Bertz CT molecular complexity index is 176. The molecule has 0 saturated carbocycles. The second-order valence-electron chi connectivity index (χ2n) is 6.75. The van der Waals surface area contributed by atoms with Crippen LogP contribution in [0.15, 0.2) is 0 Å². The first-order valence-corrected chi connectivity index (χ1v) is 6.67. The molecule has 0 aliphatic carbocycles. The molecule has 0 aliphatic rings. The fourth-order valence-electron chi connectivity index (χ4n) is 2.25. The average molecular weight is 212 g/mol. The van der Waals surface area contributed by atoms with E-state index in [0.717, 1.165) is 11.8 Å². The van der Waals surface area contributed by atoms with Crippen molar-refractivity contribution in [3.05, 3.63) is 0 Å². The van der Waals surface area contributed by atoms with Gasteiger partial charge in [0.1, 0.15) is 0 Å². The third-order valence-electron chi connectivity index (χ3n) is 4.97. The molecule has 0 N–H and O–H groups in total. The molecule has 92 valence electrons. The highest BCUT2D eigenvalue weighted by Gasteiger charge is 2.33. The maximum absolute atomic E-state index is 2.44. The topological polar surface area (TPSA) is 0 Å². The first-order chi connectivity index (χ1) is 6.67. The van der Waals surface area contributed by atoms with Crippen LogP contribution in [-0.2, 0) is 0 Å². The Morgan fingerprint density at radius 2 is 1.33 bits per heavy atom. The number of hydrogen-bond acceptors (Lipinski definition) is 0. The van der Waals surface area contributed by atoms with Crippen molar-refractivity contribution in [1.82, 2.24) is 0 Å². The van der Waals surface area contributed by atoms with Crippen molar-refractivity contribution in [2.45, 2.75) is 74.7 Å². The predicted molar refractivity (Wildman–Crippen MR) is 71.1 cm³/mol. The van der Waals surface area contributed by atoms with Gasteiger partial charge >= 0.3 is 0 Å². The van der Waals surface area contributed by atoms with E-state index < -0.39 is 0 Å². The van der Waals surface area contributed by atoms with Crippen LogP contribution in [-0.4, -0.2) is 0 Å². The van der Waals surface area contributed by atoms with Crippen molar-refractivity contribution < 1.29 is 0 Å². The summed E-state index contributed by atoms with van der Waals surface area (Å²) >= 11 is 0. The normalized spacial score (nSPS) is 17.6. The summed E-state index contributed by atoms with van der Waals surface area (Å²) in [7, 11) is 0. The molecule has 0 heterocycles. The van der Waals surface area contributed by atoms with Crippen molar-refractivity contribution in [3.63, 3.8) is 0 Å². The second kappa shape index (κ2) is 5.37. The van der Waals surface area contributed by atoms with E-state index in [0.29, 0.717) is 10.8 Å². The van der Waals surface area contributed by atoms with Crippen molar-refractivity contribution in [2.75, 3.05) is 0 Å². The largest absolute Gasteiger partial charge is 0.0651 e. The molecule has 2 atom stereocenters. The molecule has 0 aromatic carbocycles. The van der Waals surface area contributed by atoms with E-state index in [2.05, 4.69) is 55.4 Å². The van der Waals surface area contributed by atoms with Gasteiger partial charge in [-0.15, -0.1) is 0 Å². The molecule has 0 spiro atoms. The molecular formula is C15H32. The molecule has 0 aromatic rings. The SMILES string of the molecule is CCC(C)C(C)(C)C(C)CC(C)(C)CC. The van der Waals surface area contributed by atoms with Crippen LogP contribution in [0, 0.1) is 22.7 Å². The fraction of sp³-hybridized carbons (Fsp3) is 1.00. The highest BCUT2D eigenvalue weighted by Crippen LogP contribution is 2.43. The van der Waals surface area contributed by atoms with Gasteiger partial charge in [-0.2, -0.15) is 0 Å². The van der Waals surface area contributed by atoms with E-state index in [4.69, 9.17) is 0 Å². The Hall–Kier alpha value is 0. The Kier molecular flexibility index (Phi) is 5.37. The second-order valence-corrected chi connectivity index (χ2v) is 6.75. The first kappa shape index (κ1) is 15.0. The quantitative estimate of drug-likeness (QED) is 0.543. The summed E-state index contributed by atoms with van der Waals surface area (Å²) in [4.78, 5) is 0. The van der Waals surface area contributed by atoms with Crippen LogP contribution >= 0.6 is 0 Å². The number of rotatable bonds is 6. The summed E-state index contributed by atoms with van der Waals surface area (Å²) in [5.74, 6) is 1.63. The zero-order valence-corrected chi connectivity index (χ0v) is 12.3. The molecule has 0 heteroatoms. The van der Waals surface area contributed by atoms with Crippen molar-refractivity contribution in [1.29, 1.82) is 0 Å². The molecule has 0 amide bonds.